The molecule has 1 aromatic carbocycles. The minimum atomic E-state index is -0.842. The van der Waals surface area contributed by atoms with Crippen LogP contribution in [0.2, 0.25) is 0 Å². The zero-order valence-electron chi connectivity index (χ0n) is 7.43. The lowest BCUT2D eigenvalue weighted by atomic mass is 10.1. The van der Waals surface area contributed by atoms with Gasteiger partial charge in [-0.1, -0.05) is 15.9 Å². The molecule has 1 rings (SSSR count). The van der Waals surface area contributed by atoms with Gasteiger partial charge in [0.25, 0.3) is 0 Å². The van der Waals surface area contributed by atoms with E-state index in [1.54, 1.807) is 0 Å². The van der Waals surface area contributed by atoms with Gasteiger partial charge in [-0.25, -0.2) is 4.39 Å². The molecule has 0 atom stereocenters. The smallest absolute Gasteiger partial charge is 0.194 e. The lowest BCUT2D eigenvalue weighted by molar-refractivity contribution is 0.374. The Morgan fingerprint density at radius 2 is 2.00 bits per heavy atom. The first-order valence-electron chi connectivity index (χ1n) is 4.16. The second-order valence-corrected chi connectivity index (χ2v) is 3.76. The van der Waals surface area contributed by atoms with Gasteiger partial charge in [0, 0.05) is 10.0 Å². The average Bonchev–Trinajstić information content (AvgIpc) is 2.14. The standard InChI is InChI=1S/C9H11BrFNO2/c10-6-4-7(11)9(14)8(13)5(6)2-1-3-12/h4,13-14H,1-3,12H2. The van der Waals surface area contributed by atoms with Crippen molar-refractivity contribution in [2.45, 2.75) is 12.8 Å². The van der Waals surface area contributed by atoms with E-state index < -0.39 is 17.3 Å². The first-order valence-corrected chi connectivity index (χ1v) is 4.96. The summed E-state index contributed by atoms with van der Waals surface area (Å²) in [6, 6.07) is 1.13. The van der Waals surface area contributed by atoms with E-state index in [-0.39, 0.29) is 0 Å². The molecule has 0 radical (unpaired) electrons. The molecule has 0 saturated carbocycles. The van der Waals surface area contributed by atoms with Gasteiger partial charge in [-0.2, -0.15) is 0 Å². The van der Waals surface area contributed by atoms with E-state index in [2.05, 4.69) is 15.9 Å². The van der Waals surface area contributed by atoms with Gasteiger partial charge in [0.1, 0.15) is 0 Å². The largest absolute Gasteiger partial charge is 0.504 e. The van der Waals surface area contributed by atoms with Crippen LogP contribution in [0.4, 0.5) is 4.39 Å². The molecule has 0 unspecified atom stereocenters. The number of nitrogens with two attached hydrogens (primary N) is 1. The third kappa shape index (κ3) is 2.16. The molecule has 0 aromatic heterocycles. The van der Waals surface area contributed by atoms with Crippen molar-refractivity contribution in [2.24, 2.45) is 5.73 Å². The van der Waals surface area contributed by atoms with Crippen molar-refractivity contribution in [3.63, 3.8) is 0 Å². The molecule has 0 aliphatic carbocycles. The van der Waals surface area contributed by atoms with Crippen LogP contribution in [-0.2, 0) is 6.42 Å². The number of hydrogen-bond acceptors (Lipinski definition) is 3. The molecule has 3 nitrogen and oxygen atoms in total. The Balaban J connectivity index is 3.09. The Bertz CT molecular complexity index is 344. The Morgan fingerprint density at radius 1 is 1.36 bits per heavy atom. The van der Waals surface area contributed by atoms with Crippen LogP contribution in [0.5, 0.6) is 11.5 Å². The van der Waals surface area contributed by atoms with Crippen LogP contribution in [0.15, 0.2) is 10.5 Å². The zero-order valence-corrected chi connectivity index (χ0v) is 9.01. The van der Waals surface area contributed by atoms with Gasteiger partial charge >= 0.3 is 0 Å². The summed E-state index contributed by atoms with van der Waals surface area (Å²) >= 11 is 3.11. The van der Waals surface area contributed by atoms with E-state index >= 15 is 0 Å². The first kappa shape index (κ1) is 11.3. The molecule has 0 aliphatic rings. The molecule has 0 spiro atoms. The zero-order chi connectivity index (χ0) is 10.7. The quantitative estimate of drug-likeness (QED) is 0.730. The third-order valence-corrected chi connectivity index (χ3v) is 2.62. The number of halogens is 2. The summed E-state index contributed by atoms with van der Waals surface area (Å²) in [5.74, 6) is -1.96. The van der Waals surface area contributed by atoms with Crippen molar-refractivity contribution < 1.29 is 14.6 Å². The number of benzene rings is 1. The Morgan fingerprint density at radius 3 is 2.57 bits per heavy atom. The molecular formula is C9H11BrFNO2. The molecule has 1 aromatic rings. The number of phenols is 2. The van der Waals surface area contributed by atoms with Gasteiger partial charge in [0.05, 0.1) is 0 Å². The van der Waals surface area contributed by atoms with Crippen molar-refractivity contribution in [1.29, 1.82) is 0 Å². The van der Waals surface area contributed by atoms with Crippen molar-refractivity contribution in [2.75, 3.05) is 6.54 Å². The second-order valence-electron chi connectivity index (χ2n) is 2.91. The van der Waals surface area contributed by atoms with Crippen LogP contribution in [0.3, 0.4) is 0 Å². The van der Waals surface area contributed by atoms with Crippen molar-refractivity contribution in [1.82, 2.24) is 0 Å². The summed E-state index contributed by atoms with van der Waals surface area (Å²) in [5.41, 5.74) is 5.79. The second kappa shape index (κ2) is 4.61. The lowest BCUT2D eigenvalue weighted by Gasteiger charge is -2.08. The molecule has 5 heteroatoms. The van der Waals surface area contributed by atoms with Crippen LogP contribution < -0.4 is 5.73 Å². The van der Waals surface area contributed by atoms with Crippen molar-refractivity contribution >= 4 is 15.9 Å². The minimum Gasteiger partial charge on any atom is -0.504 e. The van der Waals surface area contributed by atoms with Gasteiger partial charge in [-0.3, -0.25) is 0 Å². The van der Waals surface area contributed by atoms with Gasteiger partial charge in [0.2, 0.25) is 0 Å². The van der Waals surface area contributed by atoms with E-state index in [4.69, 9.17) is 10.8 Å². The fourth-order valence-electron chi connectivity index (χ4n) is 1.15. The van der Waals surface area contributed by atoms with E-state index in [1.807, 2.05) is 0 Å². The van der Waals surface area contributed by atoms with Gasteiger partial charge in [-0.15, -0.1) is 0 Å². The summed E-state index contributed by atoms with van der Waals surface area (Å²) in [6.45, 7) is 0.476. The molecule has 0 fully saturated rings. The Hall–Kier alpha value is -0.810. The van der Waals surface area contributed by atoms with Crippen LogP contribution in [0.1, 0.15) is 12.0 Å². The highest BCUT2D eigenvalue weighted by molar-refractivity contribution is 9.10. The Kier molecular flexibility index (Phi) is 3.71. The number of aromatic hydroxyl groups is 2. The fraction of sp³-hybridized carbons (Fsp3) is 0.333. The highest BCUT2D eigenvalue weighted by Gasteiger charge is 2.15. The molecule has 0 saturated heterocycles. The van der Waals surface area contributed by atoms with Crippen LogP contribution in [0, 0.1) is 5.82 Å². The van der Waals surface area contributed by atoms with Gasteiger partial charge in [-0.05, 0) is 25.5 Å². The summed E-state index contributed by atoms with van der Waals surface area (Å²) in [6.07, 6.45) is 1.16. The highest BCUT2D eigenvalue weighted by atomic mass is 79.9. The SMILES string of the molecule is NCCCc1c(Br)cc(F)c(O)c1O. The minimum absolute atomic E-state index is 0.412. The van der Waals surface area contributed by atoms with Gasteiger partial charge < -0.3 is 15.9 Å². The molecule has 4 N–H and O–H groups in total. The average molecular weight is 264 g/mol. The number of phenolic OH excluding ortho intramolecular Hbond substituents is 2. The van der Waals surface area contributed by atoms with E-state index in [0.29, 0.717) is 29.4 Å². The topological polar surface area (TPSA) is 66.5 Å². The van der Waals surface area contributed by atoms with E-state index in [9.17, 15) is 9.50 Å². The lowest BCUT2D eigenvalue weighted by Crippen LogP contribution is -2.01. The van der Waals surface area contributed by atoms with Gasteiger partial charge in [0.15, 0.2) is 17.3 Å². The van der Waals surface area contributed by atoms with Crippen LogP contribution in [-0.4, -0.2) is 16.8 Å². The summed E-state index contributed by atoms with van der Waals surface area (Å²) < 4.78 is 13.3. The molecule has 14 heavy (non-hydrogen) atoms. The molecule has 0 heterocycles. The van der Waals surface area contributed by atoms with Crippen molar-refractivity contribution in [3.8, 4) is 11.5 Å². The monoisotopic (exact) mass is 263 g/mol. The normalized spacial score (nSPS) is 10.5. The predicted octanol–water partition coefficient (Wildman–Crippen LogP) is 1.89. The molecule has 0 bridgehead atoms. The summed E-state index contributed by atoms with van der Waals surface area (Å²) in [7, 11) is 0. The maximum atomic E-state index is 12.9. The number of hydrogen-bond donors (Lipinski definition) is 3. The maximum absolute atomic E-state index is 12.9. The number of rotatable bonds is 3. The van der Waals surface area contributed by atoms with E-state index in [1.165, 1.54) is 0 Å². The molecule has 0 amide bonds. The molecule has 0 aliphatic heterocycles. The highest BCUT2D eigenvalue weighted by Crippen LogP contribution is 2.37. The van der Waals surface area contributed by atoms with E-state index in [0.717, 1.165) is 6.07 Å². The van der Waals surface area contributed by atoms with Crippen LogP contribution >= 0.6 is 15.9 Å². The fourth-order valence-corrected chi connectivity index (χ4v) is 1.74. The first-order chi connectivity index (χ1) is 6.57. The summed E-state index contributed by atoms with van der Waals surface area (Å²) in [5, 5.41) is 18.6. The molecular weight excluding hydrogens is 253 g/mol. The summed E-state index contributed by atoms with van der Waals surface area (Å²) in [4.78, 5) is 0. The predicted molar refractivity (Wildman–Crippen MR) is 54.8 cm³/mol. The maximum Gasteiger partial charge on any atom is 0.194 e. The van der Waals surface area contributed by atoms with Crippen molar-refractivity contribution in [3.05, 3.63) is 21.9 Å². The van der Waals surface area contributed by atoms with Crippen LogP contribution in [0.25, 0.3) is 0 Å². The molecule has 78 valence electrons. The Labute approximate surface area is 89.5 Å². The third-order valence-electron chi connectivity index (χ3n) is 1.91.